The number of piperazine rings is 1. The van der Waals surface area contributed by atoms with E-state index < -0.39 is 5.54 Å². The number of imide groups is 1. The van der Waals surface area contributed by atoms with Crippen LogP contribution in [0.4, 0.5) is 0 Å². The fraction of sp³-hybridized carbons (Fsp3) is 0.545. The van der Waals surface area contributed by atoms with Crippen molar-refractivity contribution in [3.05, 3.63) is 16.1 Å². The fourth-order valence-corrected chi connectivity index (χ4v) is 2.77. The highest BCUT2D eigenvalue weighted by Gasteiger charge is 2.40. The Kier molecular flexibility index (Phi) is 3.70. The second kappa shape index (κ2) is 4.95. The van der Waals surface area contributed by atoms with Crippen LogP contribution in [0.15, 0.2) is 5.38 Å². The van der Waals surface area contributed by atoms with Crippen LogP contribution in [0.1, 0.15) is 24.5 Å². The number of halogens is 1. The van der Waals surface area contributed by atoms with E-state index in [1.807, 2.05) is 10.3 Å². The van der Waals surface area contributed by atoms with Crippen LogP contribution in [0, 0.1) is 0 Å². The lowest BCUT2D eigenvalue weighted by atomic mass is 9.99. The molecule has 2 rings (SSSR count). The van der Waals surface area contributed by atoms with Gasteiger partial charge in [0.15, 0.2) is 0 Å². The molecular weight excluding hydrogens is 274 g/mol. The molecule has 1 N–H and O–H groups in total. The molecule has 0 atom stereocenters. The predicted octanol–water partition coefficient (Wildman–Crippen LogP) is 1.12. The van der Waals surface area contributed by atoms with Crippen molar-refractivity contribution in [3.8, 4) is 0 Å². The normalized spacial score (nSPS) is 19.9. The molecule has 1 aromatic rings. The summed E-state index contributed by atoms with van der Waals surface area (Å²) < 4.78 is 0. The first-order valence-corrected chi connectivity index (χ1v) is 6.93. The summed E-state index contributed by atoms with van der Waals surface area (Å²) in [5, 5.41) is 5.10. The lowest BCUT2D eigenvalue weighted by Crippen LogP contribution is -2.63. The third-order valence-corrected chi connectivity index (χ3v) is 4.15. The van der Waals surface area contributed by atoms with Crippen LogP contribution in [0.5, 0.6) is 0 Å². The Morgan fingerprint density at radius 2 is 2.28 bits per heavy atom. The molecule has 1 aliphatic rings. The molecule has 2 heterocycles. The summed E-state index contributed by atoms with van der Waals surface area (Å²) in [7, 11) is 0. The van der Waals surface area contributed by atoms with Crippen LogP contribution in [-0.4, -0.2) is 33.8 Å². The minimum absolute atomic E-state index is 0.203. The number of rotatable bonds is 3. The Hall–Kier alpha value is -0.980. The molecule has 0 unspecified atom stereocenters. The molecule has 1 saturated heterocycles. The molecule has 0 bridgehead atoms. The van der Waals surface area contributed by atoms with E-state index in [-0.39, 0.29) is 18.4 Å². The summed E-state index contributed by atoms with van der Waals surface area (Å²) in [6.07, 6.45) is 0. The molecule has 1 aromatic heterocycles. The zero-order valence-corrected chi connectivity index (χ0v) is 11.8. The van der Waals surface area contributed by atoms with Crippen LogP contribution >= 0.6 is 22.9 Å². The maximum Gasteiger partial charge on any atom is 0.246 e. The van der Waals surface area contributed by atoms with E-state index in [2.05, 4.69) is 10.3 Å². The summed E-state index contributed by atoms with van der Waals surface area (Å²) in [5.41, 5.74) is 0.114. The average molecular weight is 288 g/mol. The van der Waals surface area contributed by atoms with Crippen molar-refractivity contribution in [2.45, 2.75) is 31.8 Å². The number of nitrogens with zero attached hydrogens (tertiary/aromatic N) is 2. The smallest absolute Gasteiger partial charge is 0.246 e. The van der Waals surface area contributed by atoms with E-state index >= 15 is 0 Å². The van der Waals surface area contributed by atoms with E-state index in [0.717, 1.165) is 10.7 Å². The summed E-state index contributed by atoms with van der Waals surface area (Å²) in [6.45, 7) is 4.28. The molecule has 0 saturated carbocycles. The summed E-state index contributed by atoms with van der Waals surface area (Å²) in [6, 6.07) is 0. The van der Waals surface area contributed by atoms with Crippen LogP contribution in [0.3, 0.4) is 0 Å². The number of hydrogen-bond acceptors (Lipinski definition) is 5. The Labute approximate surface area is 114 Å². The van der Waals surface area contributed by atoms with Gasteiger partial charge in [0, 0.05) is 5.38 Å². The Balaban J connectivity index is 2.15. The van der Waals surface area contributed by atoms with Gasteiger partial charge in [-0.15, -0.1) is 22.9 Å². The van der Waals surface area contributed by atoms with Crippen molar-refractivity contribution >= 4 is 34.8 Å². The van der Waals surface area contributed by atoms with Gasteiger partial charge in [0.2, 0.25) is 11.8 Å². The van der Waals surface area contributed by atoms with Gasteiger partial charge < -0.3 is 0 Å². The van der Waals surface area contributed by atoms with Crippen molar-refractivity contribution in [1.29, 1.82) is 0 Å². The number of carbonyl (C=O) groups is 2. The van der Waals surface area contributed by atoms with Gasteiger partial charge in [-0.25, -0.2) is 4.98 Å². The Bertz CT molecular complexity index is 486. The number of amides is 2. The van der Waals surface area contributed by atoms with E-state index in [4.69, 9.17) is 11.6 Å². The highest BCUT2D eigenvalue weighted by molar-refractivity contribution is 7.09. The van der Waals surface area contributed by atoms with Gasteiger partial charge >= 0.3 is 0 Å². The fourth-order valence-electron chi connectivity index (χ4n) is 1.73. The van der Waals surface area contributed by atoms with Gasteiger partial charge in [0.05, 0.1) is 30.2 Å². The van der Waals surface area contributed by atoms with Gasteiger partial charge in [0.1, 0.15) is 5.01 Å². The van der Waals surface area contributed by atoms with E-state index in [9.17, 15) is 9.59 Å². The Morgan fingerprint density at radius 1 is 1.56 bits per heavy atom. The molecule has 7 heteroatoms. The molecule has 0 aliphatic carbocycles. The first-order chi connectivity index (χ1) is 8.43. The van der Waals surface area contributed by atoms with Gasteiger partial charge in [-0.1, -0.05) is 0 Å². The number of aromatic nitrogens is 1. The molecular formula is C11H14ClN3O2S. The number of thiazole rings is 1. The summed E-state index contributed by atoms with van der Waals surface area (Å²) >= 11 is 7.19. The molecule has 0 aromatic carbocycles. The number of alkyl halides is 1. The lowest BCUT2D eigenvalue weighted by molar-refractivity contribution is -0.145. The molecule has 1 aliphatic heterocycles. The standard InChI is InChI=1S/C11H14ClN3O2S/c1-11(2)10(17)14-8(16)4-15(11)5-9-13-7(3-12)6-18-9/h6H,3-5H2,1-2H3,(H,14,16,17). The van der Waals surface area contributed by atoms with E-state index in [1.54, 1.807) is 13.8 Å². The topological polar surface area (TPSA) is 62.3 Å². The summed E-state index contributed by atoms with van der Waals surface area (Å²) in [4.78, 5) is 29.4. The third kappa shape index (κ3) is 2.55. The van der Waals surface area contributed by atoms with Crippen LogP contribution in [-0.2, 0) is 22.0 Å². The lowest BCUT2D eigenvalue weighted by Gasteiger charge is -2.39. The first kappa shape index (κ1) is 13.5. The molecule has 98 valence electrons. The number of carbonyl (C=O) groups excluding carboxylic acids is 2. The van der Waals surface area contributed by atoms with Crippen molar-refractivity contribution in [2.75, 3.05) is 6.54 Å². The summed E-state index contributed by atoms with van der Waals surface area (Å²) in [5.74, 6) is -0.166. The van der Waals surface area contributed by atoms with Crippen molar-refractivity contribution in [3.63, 3.8) is 0 Å². The van der Waals surface area contributed by atoms with E-state index in [0.29, 0.717) is 12.4 Å². The minimum Gasteiger partial charge on any atom is -0.294 e. The van der Waals surface area contributed by atoms with Gasteiger partial charge in [-0.3, -0.25) is 19.8 Å². The highest BCUT2D eigenvalue weighted by atomic mass is 35.5. The maximum absolute atomic E-state index is 11.8. The number of nitrogens with one attached hydrogen (secondary N) is 1. The first-order valence-electron chi connectivity index (χ1n) is 5.52. The Morgan fingerprint density at radius 3 is 2.89 bits per heavy atom. The second-order valence-electron chi connectivity index (χ2n) is 4.66. The quantitative estimate of drug-likeness (QED) is 0.668. The molecule has 5 nitrogen and oxygen atoms in total. The SMILES string of the molecule is CC1(C)C(=O)NC(=O)CN1Cc1nc(CCl)cs1. The second-order valence-corrected chi connectivity index (χ2v) is 5.87. The molecule has 18 heavy (non-hydrogen) atoms. The monoisotopic (exact) mass is 287 g/mol. The number of hydrogen-bond donors (Lipinski definition) is 1. The zero-order chi connectivity index (χ0) is 13.3. The van der Waals surface area contributed by atoms with Gasteiger partial charge in [-0.05, 0) is 13.8 Å². The van der Waals surface area contributed by atoms with E-state index in [1.165, 1.54) is 11.3 Å². The zero-order valence-electron chi connectivity index (χ0n) is 10.2. The minimum atomic E-state index is -0.708. The molecule has 0 radical (unpaired) electrons. The third-order valence-electron chi connectivity index (χ3n) is 3.00. The van der Waals surface area contributed by atoms with Crippen LogP contribution in [0.25, 0.3) is 0 Å². The van der Waals surface area contributed by atoms with Crippen LogP contribution < -0.4 is 5.32 Å². The van der Waals surface area contributed by atoms with Crippen molar-refractivity contribution in [2.24, 2.45) is 0 Å². The molecule has 1 fully saturated rings. The van der Waals surface area contributed by atoms with Gasteiger partial charge in [0.25, 0.3) is 0 Å². The molecule has 2 amide bonds. The van der Waals surface area contributed by atoms with Crippen LogP contribution in [0.2, 0.25) is 0 Å². The van der Waals surface area contributed by atoms with Crippen molar-refractivity contribution < 1.29 is 9.59 Å². The average Bonchev–Trinajstić information content (AvgIpc) is 2.74. The highest BCUT2D eigenvalue weighted by Crippen LogP contribution is 2.22. The largest absolute Gasteiger partial charge is 0.294 e. The van der Waals surface area contributed by atoms with Crippen molar-refractivity contribution in [1.82, 2.24) is 15.2 Å². The maximum atomic E-state index is 11.8. The predicted molar refractivity (Wildman–Crippen MR) is 69.3 cm³/mol. The van der Waals surface area contributed by atoms with Gasteiger partial charge in [-0.2, -0.15) is 0 Å². The molecule has 0 spiro atoms.